The standard InChI is InChI=1S/C16H18N2O2/c1-10-7-8-13(19)16-14(10)15(17-18(16)2)11-5-4-6-12(9-11)20-3/h4-6,9-10H,7-8H2,1-3H3. The topological polar surface area (TPSA) is 44.1 Å². The van der Waals surface area contributed by atoms with Crippen LogP contribution in [0.25, 0.3) is 11.3 Å². The van der Waals surface area contributed by atoms with Gasteiger partial charge in [-0.1, -0.05) is 19.1 Å². The summed E-state index contributed by atoms with van der Waals surface area (Å²) in [6.07, 6.45) is 1.51. The fraction of sp³-hybridized carbons (Fsp3) is 0.375. The average molecular weight is 270 g/mol. The van der Waals surface area contributed by atoms with Gasteiger partial charge in [-0.2, -0.15) is 5.10 Å². The highest BCUT2D eigenvalue weighted by Crippen LogP contribution is 2.38. The molecule has 0 saturated carbocycles. The second-order valence-electron chi connectivity index (χ2n) is 5.33. The van der Waals surface area contributed by atoms with E-state index in [4.69, 9.17) is 4.74 Å². The summed E-state index contributed by atoms with van der Waals surface area (Å²) in [5.41, 5.74) is 3.75. The molecular formula is C16H18N2O2. The second-order valence-corrected chi connectivity index (χ2v) is 5.33. The molecule has 4 heteroatoms. The Morgan fingerprint density at radius 3 is 2.95 bits per heavy atom. The maximum absolute atomic E-state index is 12.1. The van der Waals surface area contributed by atoms with E-state index in [0.29, 0.717) is 12.3 Å². The monoisotopic (exact) mass is 270 g/mol. The van der Waals surface area contributed by atoms with Gasteiger partial charge in [0, 0.05) is 24.6 Å². The number of ketones is 1. The van der Waals surface area contributed by atoms with Crippen molar-refractivity contribution in [3.05, 3.63) is 35.5 Å². The first-order chi connectivity index (χ1) is 9.61. The first-order valence-corrected chi connectivity index (χ1v) is 6.86. The summed E-state index contributed by atoms with van der Waals surface area (Å²) in [5.74, 6) is 1.36. The maximum Gasteiger partial charge on any atom is 0.181 e. The molecule has 1 aromatic heterocycles. The van der Waals surface area contributed by atoms with E-state index in [2.05, 4.69) is 12.0 Å². The Hall–Kier alpha value is -2.10. The van der Waals surface area contributed by atoms with E-state index in [-0.39, 0.29) is 5.78 Å². The lowest BCUT2D eigenvalue weighted by Crippen LogP contribution is -2.16. The second kappa shape index (κ2) is 4.78. The van der Waals surface area contributed by atoms with Gasteiger partial charge in [-0.25, -0.2) is 0 Å². The van der Waals surface area contributed by atoms with Gasteiger partial charge in [0.25, 0.3) is 0 Å². The molecule has 0 aliphatic heterocycles. The van der Waals surface area contributed by atoms with Crippen LogP contribution in [0.2, 0.25) is 0 Å². The predicted octanol–water partition coefficient (Wildman–Crippen LogP) is 3.18. The van der Waals surface area contributed by atoms with Crippen LogP contribution in [0.3, 0.4) is 0 Å². The molecule has 1 aliphatic rings. The zero-order valence-corrected chi connectivity index (χ0v) is 12.0. The fourth-order valence-corrected chi connectivity index (χ4v) is 2.93. The summed E-state index contributed by atoms with van der Waals surface area (Å²) in [6, 6.07) is 7.84. The van der Waals surface area contributed by atoms with Gasteiger partial charge in [0.1, 0.15) is 11.4 Å². The summed E-state index contributed by atoms with van der Waals surface area (Å²) < 4.78 is 7.00. The van der Waals surface area contributed by atoms with Crippen molar-refractivity contribution in [2.75, 3.05) is 7.11 Å². The molecule has 3 rings (SSSR count). The molecule has 0 N–H and O–H groups in total. The molecule has 1 unspecified atom stereocenters. The third-order valence-corrected chi connectivity index (χ3v) is 3.99. The number of fused-ring (bicyclic) bond motifs is 1. The number of aromatic nitrogens is 2. The molecule has 0 saturated heterocycles. The van der Waals surface area contributed by atoms with Crippen molar-refractivity contribution in [3.63, 3.8) is 0 Å². The Morgan fingerprint density at radius 2 is 2.20 bits per heavy atom. The molecule has 0 fully saturated rings. The number of methoxy groups -OCH3 is 1. The zero-order chi connectivity index (χ0) is 14.3. The summed E-state index contributed by atoms with van der Waals surface area (Å²) in [5, 5.41) is 4.58. The summed E-state index contributed by atoms with van der Waals surface area (Å²) in [7, 11) is 3.50. The number of Topliss-reactive ketones (excluding diaryl/α,β-unsaturated/α-hetero) is 1. The molecule has 104 valence electrons. The fourth-order valence-electron chi connectivity index (χ4n) is 2.93. The Labute approximate surface area is 118 Å². The van der Waals surface area contributed by atoms with Gasteiger partial charge in [-0.15, -0.1) is 0 Å². The number of nitrogens with zero attached hydrogens (tertiary/aromatic N) is 2. The molecular weight excluding hydrogens is 252 g/mol. The number of hydrogen-bond donors (Lipinski definition) is 0. The summed E-state index contributed by atoms with van der Waals surface area (Å²) >= 11 is 0. The molecule has 20 heavy (non-hydrogen) atoms. The number of carbonyl (C=O) groups is 1. The number of carbonyl (C=O) groups excluding carboxylic acids is 1. The van der Waals surface area contributed by atoms with Crippen LogP contribution in [0.4, 0.5) is 0 Å². The van der Waals surface area contributed by atoms with Crippen molar-refractivity contribution in [3.8, 4) is 17.0 Å². The molecule has 0 spiro atoms. The molecule has 0 radical (unpaired) electrons. The van der Waals surface area contributed by atoms with Crippen LogP contribution in [-0.2, 0) is 7.05 Å². The lowest BCUT2D eigenvalue weighted by atomic mass is 9.84. The molecule has 2 aromatic rings. The SMILES string of the molecule is COc1cccc(-c2nn(C)c3c2C(C)CCC3=O)c1. The lowest BCUT2D eigenvalue weighted by molar-refractivity contribution is 0.0958. The number of hydrogen-bond acceptors (Lipinski definition) is 3. The van der Waals surface area contributed by atoms with Crippen molar-refractivity contribution in [2.24, 2.45) is 7.05 Å². The van der Waals surface area contributed by atoms with E-state index in [1.54, 1.807) is 11.8 Å². The van der Waals surface area contributed by atoms with Crippen LogP contribution in [0.15, 0.2) is 24.3 Å². The summed E-state index contributed by atoms with van der Waals surface area (Å²) in [6.45, 7) is 2.16. The first-order valence-electron chi connectivity index (χ1n) is 6.86. The zero-order valence-electron chi connectivity index (χ0n) is 12.0. The van der Waals surface area contributed by atoms with E-state index in [1.165, 1.54) is 0 Å². The van der Waals surface area contributed by atoms with Gasteiger partial charge in [-0.05, 0) is 24.5 Å². The van der Waals surface area contributed by atoms with Crippen LogP contribution in [0.1, 0.15) is 41.7 Å². The van der Waals surface area contributed by atoms with Gasteiger partial charge in [0.15, 0.2) is 5.78 Å². The molecule has 0 bridgehead atoms. The van der Waals surface area contributed by atoms with Gasteiger partial charge in [0.2, 0.25) is 0 Å². The molecule has 0 amide bonds. The van der Waals surface area contributed by atoms with Crippen molar-refractivity contribution in [2.45, 2.75) is 25.7 Å². The lowest BCUT2D eigenvalue weighted by Gasteiger charge is -2.19. The Bertz CT molecular complexity index is 673. The molecule has 1 heterocycles. The number of rotatable bonds is 2. The van der Waals surface area contributed by atoms with E-state index in [1.807, 2.05) is 31.3 Å². The van der Waals surface area contributed by atoms with E-state index in [0.717, 1.165) is 34.7 Å². The normalized spacial score (nSPS) is 17.9. The summed E-state index contributed by atoms with van der Waals surface area (Å²) in [4.78, 5) is 12.1. The van der Waals surface area contributed by atoms with Gasteiger partial charge >= 0.3 is 0 Å². The minimum Gasteiger partial charge on any atom is -0.497 e. The third kappa shape index (κ3) is 1.92. The number of aryl methyl sites for hydroxylation is 1. The number of ether oxygens (including phenoxy) is 1. The quantitative estimate of drug-likeness (QED) is 0.842. The minimum atomic E-state index is 0.197. The van der Waals surface area contributed by atoms with Crippen molar-refractivity contribution in [1.29, 1.82) is 0 Å². The Morgan fingerprint density at radius 1 is 1.40 bits per heavy atom. The van der Waals surface area contributed by atoms with Gasteiger partial charge in [-0.3, -0.25) is 9.48 Å². The van der Waals surface area contributed by atoms with Crippen LogP contribution >= 0.6 is 0 Å². The first kappa shape index (κ1) is 12.9. The average Bonchev–Trinajstić information content (AvgIpc) is 2.82. The van der Waals surface area contributed by atoms with Gasteiger partial charge in [0.05, 0.1) is 12.8 Å². The smallest absolute Gasteiger partial charge is 0.181 e. The highest BCUT2D eigenvalue weighted by Gasteiger charge is 2.30. The highest BCUT2D eigenvalue weighted by molar-refractivity contribution is 5.99. The van der Waals surface area contributed by atoms with Crippen molar-refractivity contribution in [1.82, 2.24) is 9.78 Å². The van der Waals surface area contributed by atoms with Crippen molar-refractivity contribution >= 4 is 5.78 Å². The Kier molecular flexibility index (Phi) is 3.08. The molecule has 1 aliphatic carbocycles. The molecule has 1 atom stereocenters. The predicted molar refractivity (Wildman–Crippen MR) is 77.2 cm³/mol. The minimum absolute atomic E-state index is 0.197. The highest BCUT2D eigenvalue weighted by atomic mass is 16.5. The van der Waals surface area contributed by atoms with Crippen LogP contribution < -0.4 is 4.74 Å². The van der Waals surface area contributed by atoms with Crippen molar-refractivity contribution < 1.29 is 9.53 Å². The van der Waals surface area contributed by atoms with Gasteiger partial charge < -0.3 is 4.74 Å². The van der Waals surface area contributed by atoms with E-state index < -0.39 is 0 Å². The largest absolute Gasteiger partial charge is 0.497 e. The Balaban J connectivity index is 2.20. The third-order valence-electron chi connectivity index (χ3n) is 3.99. The maximum atomic E-state index is 12.1. The number of benzene rings is 1. The van der Waals surface area contributed by atoms with E-state index in [9.17, 15) is 4.79 Å². The molecule has 4 nitrogen and oxygen atoms in total. The van der Waals surface area contributed by atoms with E-state index >= 15 is 0 Å². The molecule has 1 aromatic carbocycles. The van der Waals surface area contributed by atoms with Crippen LogP contribution in [0.5, 0.6) is 5.75 Å². The van der Waals surface area contributed by atoms with Crippen LogP contribution in [0, 0.1) is 0 Å². The van der Waals surface area contributed by atoms with Crippen LogP contribution in [-0.4, -0.2) is 22.7 Å².